The van der Waals surface area contributed by atoms with Crippen molar-refractivity contribution in [3.63, 3.8) is 0 Å². The van der Waals surface area contributed by atoms with Crippen LogP contribution in [0.5, 0.6) is 0 Å². The van der Waals surface area contributed by atoms with Gasteiger partial charge >= 0.3 is 0 Å². The Bertz CT molecular complexity index is 857. The summed E-state index contributed by atoms with van der Waals surface area (Å²) in [7, 11) is 0. The fourth-order valence-electron chi connectivity index (χ4n) is 4.17. The Labute approximate surface area is 154 Å². The average molecular weight is 348 g/mol. The lowest BCUT2D eigenvalue weighted by Gasteiger charge is -2.25. The lowest BCUT2D eigenvalue weighted by atomic mass is 10.0. The maximum absolute atomic E-state index is 13.2. The third kappa shape index (κ3) is 2.90. The molecule has 1 fully saturated rings. The first-order chi connectivity index (χ1) is 12.5. The molecule has 0 N–H and O–H groups in total. The zero-order valence-electron chi connectivity index (χ0n) is 15.4. The molecule has 2 aromatic carbocycles. The number of hydrogen-bond donors (Lipinski definition) is 0. The van der Waals surface area contributed by atoms with E-state index in [0.717, 1.165) is 42.6 Å². The molecule has 0 spiro atoms. The number of rotatable bonds is 2. The Hall–Kier alpha value is -2.62. The van der Waals surface area contributed by atoms with Crippen LogP contribution in [0.1, 0.15) is 52.9 Å². The standard InChI is InChI=1S/C22H24N2O2/c1-15-5-7-17(8-6-15)20-4-3-12-24(20)22(26)19-9-10-21-18(14-19)11-13-23(21)16(2)25/h5-10,14,20H,3-4,11-13H2,1-2H3. The molecule has 0 aliphatic carbocycles. The monoisotopic (exact) mass is 348 g/mol. The van der Waals surface area contributed by atoms with Crippen molar-refractivity contribution in [2.24, 2.45) is 0 Å². The van der Waals surface area contributed by atoms with Crippen LogP contribution in [-0.4, -0.2) is 29.8 Å². The van der Waals surface area contributed by atoms with E-state index in [1.165, 1.54) is 11.1 Å². The largest absolute Gasteiger partial charge is 0.332 e. The van der Waals surface area contributed by atoms with E-state index in [1.54, 1.807) is 11.8 Å². The minimum absolute atomic E-state index is 0.0572. The number of aryl methyl sites for hydroxylation is 1. The molecule has 1 unspecified atom stereocenters. The van der Waals surface area contributed by atoms with Crippen LogP contribution in [0.25, 0.3) is 0 Å². The van der Waals surface area contributed by atoms with Gasteiger partial charge < -0.3 is 9.80 Å². The normalized spacial score (nSPS) is 18.9. The lowest BCUT2D eigenvalue weighted by Crippen LogP contribution is -2.30. The van der Waals surface area contributed by atoms with Gasteiger partial charge in [-0.15, -0.1) is 0 Å². The topological polar surface area (TPSA) is 40.6 Å². The highest BCUT2D eigenvalue weighted by Gasteiger charge is 2.31. The Morgan fingerprint density at radius 2 is 1.81 bits per heavy atom. The fraction of sp³-hybridized carbons (Fsp3) is 0.364. The van der Waals surface area contributed by atoms with Gasteiger partial charge in [0.1, 0.15) is 0 Å². The van der Waals surface area contributed by atoms with Crippen LogP contribution in [0, 0.1) is 6.92 Å². The minimum Gasteiger partial charge on any atom is -0.332 e. The molecule has 0 saturated carbocycles. The van der Waals surface area contributed by atoms with E-state index in [9.17, 15) is 9.59 Å². The van der Waals surface area contributed by atoms with E-state index in [2.05, 4.69) is 31.2 Å². The molecule has 0 aromatic heterocycles. The quantitative estimate of drug-likeness (QED) is 0.826. The molecule has 1 atom stereocenters. The molecule has 2 heterocycles. The van der Waals surface area contributed by atoms with Crippen LogP contribution in [0.4, 0.5) is 5.69 Å². The van der Waals surface area contributed by atoms with Crippen LogP contribution in [-0.2, 0) is 11.2 Å². The van der Waals surface area contributed by atoms with Gasteiger partial charge in [0.15, 0.2) is 0 Å². The zero-order valence-corrected chi connectivity index (χ0v) is 15.4. The van der Waals surface area contributed by atoms with Crippen LogP contribution < -0.4 is 4.90 Å². The van der Waals surface area contributed by atoms with Crippen LogP contribution in [0.2, 0.25) is 0 Å². The maximum Gasteiger partial charge on any atom is 0.254 e. The number of likely N-dealkylation sites (tertiary alicyclic amines) is 1. The van der Waals surface area contributed by atoms with Crippen molar-refractivity contribution >= 4 is 17.5 Å². The number of amides is 2. The summed E-state index contributed by atoms with van der Waals surface area (Å²) in [4.78, 5) is 28.7. The summed E-state index contributed by atoms with van der Waals surface area (Å²) in [5.41, 5.74) is 5.22. The van der Waals surface area contributed by atoms with Gasteiger partial charge in [-0.05, 0) is 55.5 Å². The van der Waals surface area contributed by atoms with E-state index in [1.807, 2.05) is 23.1 Å². The third-order valence-electron chi connectivity index (χ3n) is 5.58. The highest BCUT2D eigenvalue weighted by molar-refractivity contribution is 5.98. The van der Waals surface area contributed by atoms with Crippen LogP contribution >= 0.6 is 0 Å². The van der Waals surface area contributed by atoms with Gasteiger partial charge in [-0.25, -0.2) is 0 Å². The molecule has 4 rings (SSSR count). The number of hydrogen-bond acceptors (Lipinski definition) is 2. The second-order valence-electron chi connectivity index (χ2n) is 7.33. The van der Waals surface area contributed by atoms with Crippen molar-refractivity contribution in [3.8, 4) is 0 Å². The molecule has 2 amide bonds. The molecule has 1 saturated heterocycles. The van der Waals surface area contributed by atoms with Gasteiger partial charge in [-0.2, -0.15) is 0 Å². The van der Waals surface area contributed by atoms with Gasteiger partial charge in [0.05, 0.1) is 6.04 Å². The van der Waals surface area contributed by atoms with Gasteiger partial charge in [0.2, 0.25) is 5.91 Å². The lowest BCUT2D eigenvalue weighted by molar-refractivity contribution is -0.116. The Morgan fingerprint density at radius 1 is 1.04 bits per heavy atom. The number of carbonyl (C=O) groups excluding carboxylic acids is 2. The average Bonchev–Trinajstić information content (AvgIpc) is 3.28. The molecular formula is C22H24N2O2. The van der Waals surface area contributed by atoms with E-state index >= 15 is 0 Å². The molecule has 2 aliphatic rings. The summed E-state index contributed by atoms with van der Waals surface area (Å²) < 4.78 is 0. The number of anilines is 1. The van der Waals surface area contributed by atoms with Crippen molar-refractivity contribution in [2.75, 3.05) is 18.0 Å². The predicted molar refractivity (Wildman–Crippen MR) is 102 cm³/mol. The van der Waals surface area contributed by atoms with E-state index < -0.39 is 0 Å². The zero-order chi connectivity index (χ0) is 18.3. The first-order valence-corrected chi connectivity index (χ1v) is 9.33. The van der Waals surface area contributed by atoms with Crippen molar-refractivity contribution < 1.29 is 9.59 Å². The van der Waals surface area contributed by atoms with Gasteiger partial charge in [-0.1, -0.05) is 29.8 Å². The van der Waals surface area contributed by atoms with Gasteiger partial charge in [0, 0.05) is 31.3 Å². The number of fused-ring (bicyclic) bond motifs is 1. The van der Waals surface area contributed by atoms with Gasteiger partial charge in [-0.3, -0.25) is 9.59 Å². The van der Waals surface area contributed by atoms with Crippen molar-refractivity contribution in [1.29, 1.82) is 0 Å². The van der Waals surface area contributed by atoms with Crippen molar-refractivity contribution in [3.05, 3.63) is 64.7 Å². The van der Waals surface area contributed by atoms with E-state index in [0.29, 0.717) is 6.54 Å². The Kier molecular flexibility index (Phi) is 4.27. The summed E-state index contributed by atoms with van der Waals surface area (Å²) in [5, 5.41) is 0. The van der Waals surface area contributed by atoms with Crippen LogP contribution in [0.15, 0.2) is 42.5 Å². The smallest absolute Gasteiger partial charge is 0.254 e. The number of benzene rings is 2. The molecule has 4 nitrogen and oxygen atoms in total. The molecule has 26 heavy (non-hydrogen) atoms. The maximum atomic E-state index is 13.2. The molecule has 0 bridgehead atoms. The Balaban J connectivity index is 1.59. The summed E-state index contributed by atoms with van der Waals surface area (Å²) >= 11 is 0. The molecular weight excluding hydrogens is 324 g/mol. The second kappa shape index (κ2) is 6.60. The number of nitrogens with zero attached hydrogens (tertiary/aromatic N) is 2. The summed E-state index contributed by atoms with van der Waals surface area (Å²) in [6.45, 7) is 5.17. The van der Waals surface area contributed by atoms with Gasteiger partial charge in [0.25, 0.3) is 5.91 Å². The van der Waals surface area contributed by atoms with Crippen molar-refractivity contribution in [1.82, 2.24) is 4.90 Å². The van der Waals surface area contributed by atoms with E-state index in [-0.39, 0.29) is 17.9 Å². The third-order valence-corrected chi connectivity index (χ3v) is 5.58. The number of carbonyl (C=O) groups is 2. The highest BCUT2D eigenvalue weighted by Crippen LogP contribution is 2.35. The predicted octanol–water partition coefficient (Wildman–Crippen LogP) is 3.88. The minimum atomic E-state index is 0.0572. The SMILES string of the molecule is CC(=O)N1CCc2cc(C(=O)N3CCCC3c3ccc(C)cc3)ccc21. The molecule has 2 aromatic rings. The summed E-state index contributed by atoms with van der Waals surface area (Å²) in [5.74, 6) is 0.152. The molecule has 4 heteroatoms. The van der Waals surface area contributed by atoms with Crippen LogP contribution in [0.3, 0.4) is 0 Å². The second-order valence-corrected chi connectivity index (χ2v) is 7.33. The Morgan fingerprint density at radius 3 is 2.54 bits per heavy atom. The summed E-state index contributed by atoms with van der Waals surface area (Å²) in [6, 6.07) is 14.4. The molecule has 0 radical (unpaired) electrons. The molecule has 134 valence electrons. The van der Waals surface area contributed by atoms with E-state index in [4.69, 9.17) is 0 Å². The first kappa shape index (κ1) is 16.8. The first-order valence-electron chi connectivity index (χ1n) is 9.33. The fourth-order valence-corrected chi connectivity index (χ4v) is 4.17. The van der Waals surface area contributed by atoms with Crippen molar-refractivity contribution in [2.45, 2.75) is 39.2 Å². The highest BCUT2D eigenvalue weighted by atomic mass is 16.2. The summed E-state index contributed by atoms with van der Waals surface area (Å²) in [6.07, 6.45) is 2.86. The molecule has 2 aliphatic heterocycles.